The van der Waals surface area contributed by atoms with Crippen molar-refractivity contribution >= 4 is 23.2 Å². The first kappa shape index (κ1) is 25.2. The first-order valence-electron chi connectivity index (χ1n) is 7.94. The first-order valence-corrected chi connectivity index (χ1v) is 9.01. The third-order valence-electron chi connectivity index (χ3n) is 2.91. The van der Waals surface area contributed by atoms with Gasteiger partial charge in [0.2, 0.25) is 0 Å². The minimum Gasteiger partial charge on any atom is -0.490 e. The normalized spacial score (nSPS) is 12.8. The molecule has 1 rings (SSSR count). The summed E-state index contributed by atoms with van der Waals surface area (Å²) in [5.41, 5.74) is 1.73. The molecule has 138 valence electrons. The Morgan fingerprint density at radius 1 is 1.17 bits per heavy atom. The summed E-state index contributed by atoms with van der Waals surface area (Å²) in [5, 5.41) is 18.3. The Balaban J connectivity index is 0. The van der Waals surface area contributed by atoms with Gasteiger partial charge in [0, 0.05) is 0 Å². The van der Waals surface area contributed by atoms with Crippen LogP contribution in [0, 0.1) is 0 Å². The van der Waals surface area contributed by atoms with Crippen molar-refractivity contribution < 1.29 is 14.9 Å². The van der Waals surface area contributed by atoms with Gasteiger partial charge in [-0.15, -0.1) is 23.2 Å². The van der Waals surface area contributed by atoms with Crippen molar-refractivity contribution in [3.05, 3.63) is 54.1 Å². The van der Waals surface area contributed by atoms with E-state index in [0.29, 0.717) is 6.61 Å². The molecule has 0 spiro atoms. The van der Waals surface area contributed by atoms with Crippen LogP contribution in [0.25, 0.3) is 0 Å². The Labute approximate surface area is 156 Å². The van der Waals surface area contributed by atoms with E-state index >= 15 is 0 Å². The summed E-state index contributed by atoms with van der Waals surface area (Å²) in [7, 11) is 0. The van der Waals surface area contributed by atoms with Crippen molar-refractivity contribution in [2.45, 2.75) is 39.9 Å². The van der Waals surface area contributed by atoms with Crippen LogP contribution in [0.15, 0.2) is 48.6 Å². The predicted octanol–water partition coefficient (Wildman–Crippen LogP) is 5.10. The lowest BCUT2D eigenvalue weighted by Gasteiger charge is -2.08. The highest BCUT2D eigenvalue weighted by Crippen LogP contribution is 2.18. The van der Waals surface area contributed by atoms with Crippen molar-refractivity contribution in [1.82, 2.24) is 0 Å². The van der Waals surface area contributed by atoms with Crippen LogP contribution < -0.4 is 4.74 Å². The van der Waals surface area contributed by atoms with Crippen molar-refractivity contribution in [1.29, 1.82) is 0 Å². The number of hydrogen-bond donors (Lipinski definition) is 2. The molecule has 24 heavy (non-hydrogen) atoms. The average molecular weight is 377 g/mol. The molecule has 0 saturated carbocycles. The third kappa shape index (κ3) is 11.5. The summed E-state index contributed by atoms with van der Waals surface area (Å²) >= 11 is 10.9. The summed E-state index contributed by atoms with van der Waals surface area (Å²) in [6.07, 6.45) is 2.47. The number of halogens is 2. The van der Waals surface area contributed by atoms with Crippen LogP contribution in [0.3, 0.4) is 0 Å². The van der Waals surface area contributed by atoms with Crippen molar-refractivity contribution in [2.75, 3.05) is 18.4 Å². The Bertz CT molecular complexity index is 444. The zero-order chi connectivity index (χ0) is 19.0. The van der Waals surface area contributed by atoms with Gasteiger partial charge in [0.1, 0.15) is 12.4 Å². The molecule has 0 aliphatic carbocycles. The molecule has 0 bridgehead atoms. The number of benzene rings is 1. The highest BCUT2D eigenvalue weighted by molar-refractivity contribution is 6.18. The fourth-order valence-corrected chi connectivity index (χ4v) is 1.77. The molecule has 0 amide bonds. The van der Waals surface area contributed by atoms with E-state index in [1.807, 2.05) is 33.8 Å². The average Bonchev–Trinajstić information content (AvgIpc) is 2.66. The minimum atomic E-state index is -0.606. The third-order valence-corrected chi connectivity index (χ3v) is 3.49. The van der Waals surface area contributed by atoms with Crippen LogP contribution in [0.5, 0.6) is 5.75 Å². The highest BCUT2D eigenvalue weighted by Gasteiger charge is 2.04. The van der Waals surface area contributed by atoms with Gasteiger partial charge in [-0.3, -0.25) is 0 Å². The standard InChI is InChI=1S/C11H13ClO2.C6H11ClO.C2H6/c1-2-7-14-10-5-3-9(4-6-10)11(13)8-12;1-3-5(2)6(8)4-7;1-2/h2-6,11,13H,1,7-8H2;3,6,8H,4H2,1-2H3;1-2H3/b;5-3+;. The maximum atomic E-state index is 9.41. The van der Waals surface area contributed by atoms with Gasteiger partial charge in [-0.25, -0.2) is 0 Å². The van der Waals surface area contributed by atoms with Gasteiger partial charge >= 0.3 is 0 Å². The maximum absolute atomic E-state index is 9.41. The van der Waals surface area contributed by atoms with Gasteiger partial charge in [0.15, 0.2) is 0 Å². The number of aliphatic hydroxyl groups is 2. The molecule has 0 radical (unpaired) electrons. The summed E-state index contributed by atoms with van der Waals surface area (Å²) in [5.74, 6) is 1.25. The van der Waals surface area contributed by atoms with Crippen LogP contribution in [-0.4, -0.2) is 34.7 Å². The maximum Gasteiger partial charge on any atom is 0.119 e. The molecule has 5 heteroatoms. The van der Waals surface area contributed by atoms with Gasteiger partial charge in [-0.2, -0.15) is 0 Å². The summed E-state index contributed by atoms with van der Waals surface area (Å²) in [6.45, 7) is 11.8. The molecule has 2 atom stereocenters. The largest absolute Gasteiger partial charge is 0.490 e. The Hall–Kier alpha value is -1.00. The van der Waals surface area contributed by atoms with Crippen molar-refractivity contribution in [3.8, 4) is 5.75 Å². The predicted molar refractivity (Wildman–Crippen MR) is 105 cm³/mol. The Kier molecular flexibility index (Phi) is 17.7. The van der Waals surface area contributed by atoms with E-state index in [2.05, 4.69) is 6.58 Å². The summed E-state index contributed by atoms with van der Waals surface area (Å²) in [6, 6.07) is 7.19. The van der Waals surface area contributed by atoms with Crippen LogP contribution >= 0.6 is 23.2 Å². The number of ether oxygens (including phenoxy) is 1. The van der Waals surface area contributed by atoms with E-state index in [-0.39, 0.29) is 11.8 Å². The van der Waals surface area contributed by atoms with Gasteiger partial charge in [0.25, 0.3) is 0 Å². The lowest BCUT2D eigenvalue weighted by molar-refractivity contribution is 0.202. The van der Waals surface area contributed by atoms with E-state index in [9.17, 15) is 5.11 Å². The van der Waals surface area contributed by atoms with Crippen LogP contribution in [0.1, 0.15) is 39.4 Å². The molecule has 1 aromatic carbocycles. The molecule has 2 unspecified atom stereocenters. The van der Waals surface area contributed by atoms with Crippen molar-refractivity contribution in [3.63, 3.8) is 0 Å². The topological polar surface area (TPSA) is 49.7 Å². The van der Waals surface area contributed by atoms with Gasteiger partial charge in [0.05, 0.1) is 24.0 Å². The smallest absolute Gasteiger partial charge is 0.119 e. The monoisotopic (exact) mass is 376 g/mol. The zero-order valence-corrected chi connectivity index (χ0v) is 16.5. The number of allylic oxidation sites excluding steroid dienone is 1. The fraction of sp³-hybridized carbons (Fsp3) is 0.474. The number of rotatable bonds is 7. The zero-order valence-electron chi connectivity index (χ0n) is 15.0. The molecule has 0 aliphatic heterocycles. The molecular formula is C19H30Cl2O3. The first-order chi connectivity index (χ1) is 11.5. The van der Waals surface area contributed by atoms with E-state index in [4.69, 9.17) is 33.0 Å². The molecule has 0 fully saturated rings. The molecule has 0 heterocycles. The highest BCUT2D eigenvalue weighted by atomic mass is 35.5. The molecule has 0 aromatic heterocycles. The number of hydrogen-bond acceptors (Lipinski definition) is 3. The Morgan fingerprint density at radius 3 is 2.04 bits per heavy atom. The molecule has 2 N–H and O–H groups in total. The molecule has 0 aliphatic rings. The second kappa shape index (κ2) is 16.8. The van der Waals surface area contributed by atoms with E-state index in [0.717, 1.165) is 16.9 Å². The van der Waals surface area contributed by atoms with Gasteiger partial charge in [-0.1, -0.05) is 44.7 Å². The number of alkyl halides is 2. The fourth-order valence-electron chi connectivity index (χ4n) is 1.34. The van der Waals surface area contributed by atoms with E-state index < -0.39 is 12.2 Å². The summed E-state index contributed by atoms with van der Waals surface area (Å²) in [4.78, 5) is 0. The van der Waals surface area contributed by atoms with E-state index in [1.54, 1.807) is 30.3 Å². The quantitative estimate of drug-likeness (QED) is 0.513. The van der Waals surface area contributed by atoms with Gasteiger partial charge < -0.3 is 14.9 Å². The summed E-state index contributed by atoms with van der Waals surface area (Å²) < 4.78 is 5.29. The van der Waals surface area contributed by atoms with E-state index in [1.165, 1.54) is 0 Å². The van der Waals surface area contributed by atoms with Crippen LogP contribution in [0.4, 0.5) is 0 Å². The lowest BCUT2D eigenvalue weighted by Crippen LogP contribution is -2.08. The minimum absolute atomic E-state index is 0.201. The second-order valence-electron chi connectivity index (χ2n) is 4.54. The van der Waals surface area contributed by atoms with Crippen LogP contribution in [0.2, 0.25) is 0 Å². The Morgan fingerprint density at radius 2 is 1.71 bits per heavy atom. The lowest BCUT2D eigenvalue weighted by atomic mass is 10.1. The van der Waals surface area contributed by atoms with Crippen LogP contribution in [-0.2, 0) is 0 Å². The molecule has 3 nitrogen and oxygen atoms in total. The number of aliphatic hydroxyl groups excluding tert-OH is 2. The SMILES string of the molecule is C/C=C(\C)C(O)CCl.C=CCOc1ccc(C(O)CCl)cc1.CC. The molecule has 0 saturated heterocycles. The molecular weight excluding hydrogens is 347 g/mol. The van der Waals surface area contributed by atoms with Crippen molar-refractivity contribution in [2.24, 2.45) is 0 Å². The second-order valence-corrected chi connectivity index (χ2v) is 5.16. The van der Waals surface area contributed by atoms with Gasteiger partial charge in [-0.05, 0) is 37.1 Å². The molecule has 1 aromatic rings.